The lowest BCUT2D eigenvalue weighted by molar-refractivity contribution is -0.138. The molecule has 0 fully saturated rings. The van der Waals surface area contributed by atoms with Crippen LogP contribution in [0.1, 0.15) is 15.2 Å². The van der Waals surface area contributed by atoms with Crippen molar-refractivity contribution in [2.24, 2.45) is 5.73 Å². The minimum Gasteiger partial charge on any atom is -0.508 e. The molecule has 0 amide bonds. The summed E-state index contributed by atoms with van der Waals surface area (Å²) in [6.07, 6.45) is -3.22. The second kappa shape index (κ2) is 3.91. The molecular formula is C9H11NO3. The molecule has 4 heteroatoms. The summed E-state index contributed by atoms with van der Waals surface area (Å²) >= 11 is 0. The molecule has 1 atom stereocenters. The average Bonchev–Trinajstić information content (AvgIpc) is 2.33. The number of hydrogen-bond acceptors (Lipinski definition) is 3. The first-order valence-electron chi connectivity index (χ1n) is 6.69. The molecule has 1 unspecified atom stereocenters. The minimum atomic E-state index is -3.23. The topological polar surface area (TPSA) is 83.6 Å². The van der Waals surface area contributed by atoms with E-state index in [2.05, 4.69) is 0 Å². The zero-order chi connectivity index (χ0) is 16.0. The molecule has 0 aliphatic heterocycles. The van der Waals surface area contributed by atoms with Crippen molar-refractivity contribution in [1.29, 1.82) is 0 Å². The van der Waals surface area contributed by atoms with E-state index in [4.69, 9.17) is 20.4 Å². The van der Waals surface area contributed by atoms with Gasteiger partial charge in [-0.2, -0.15) is 0 Å². The fourth-order valence-electron chi connectivity index (χ4n) is 0.557. The van der Waals surface area contributed by atoms with Gasteiger partial charge in [-0.25, -0.2) is 0 Å². The Balaban J connectivity index is 3.76. The van der Waals surface area contributed by atoms with E-state index in [1.807, 2.05) is 0 Å². The lowest BCUT2D eigenvalue weighted by atomic mass is 10.1. The smallest absolute Gasteiger partial charge is 0.320 e. The molecule has 13 heavy (non-hydrogen) atoms. The van der Waals surface area contributed by atoms with Crippen LogP contribution in [0, 0.1) is 0 Å². The number of aliphatic carboxylic acids is 1. The molecule has 1 rings (SSSR count). The third-order valence-corrected chi connectivity index (χ3v) is 1.10. The Kier molecular flexibility index (Phi) is 1.10. The van der Waals surface area contributed by atoms with Crippen LogP contribution in [-0.2, 0) is 11.2 Å². The fourth-order valence-corrected chi connectivity index (χ4v) is 0.557. The molecule has 1 aromatic carbocycles. The molecule has 0 aromatic heterocycles. The fraction of sp³-hybridized carbons (Fsp3) is 0.222. The molecule has 70 valence electrons. The second-order valence-electron chi connectivity index (χ2n) is 2.07. The maximum Gasteiger partial charge on any atom is 0.320 e. The summed E-state index contributed by atoms with van der Waals surface area (Å²) in [5.41, 5.74) is 4.09. The Morgan fingerprint density at radius 2 is 2.23 bits per heavy atom. The molecule has 0 saturated heterocycles. The predicted octanol–water partition coefficient (Wildman–Crippen LogP) is 0.347. The van der Waals surface area contributed by atoms with Crippen LogP contribution in [0.4, 0.5) is 0 Å². The first-order chi connectivity index (χ1) is 8.87. The number of nitrogens with two attached hydrogens (primary N) is 1. The number of carboxylic acids is 1. The maximum atomic E-state index is 10.9. The number of benzene rings is 1. The Bertz CT molecular complexity index is 558. The number of hydrogen-bond donors (Lipinski definition) is 3. The summed E-state index contributed by atoms with van der Waals surface area (Å²) in [7, 11) is 0. The van der Waals surface area contributed by atoms with Crippen LogP contribution >= 0.6 is 0 Å². The number of carboxylic acid groups (broad SMARTS) is 1. The van der Waals surface area contributed by atoms with Crippen LogP contribution in [0.5, 0.6) is 5.75 Å². The van der Waals surface area contributed by atoms with Crippen molar-refractivity contribution in [2.75, 3.05) is 0 Å². The van der Waals surface area contributed by atoms with Crippen molar-refractivity contribution < 1.29 is 24.6 Å². The van der Waals surface area contributed by atoms with Gasteiger partial charge in [-0.05, 0) is 24.0 Å². The van der Waals surface area contributed by atoms with Gasteiger partial charge in [-0.15, -0.1) is 0 Å². The summed E-state index contributed by atoms with van der Waals surface area (Å²) in [6, 6.07) is -7.08. The van der Waals surface area contributed by atoms with E-state index in [1.54, 1.807) is 0 Å². The van der Waals surface area contributed by atoms with Gasteiger partial charge in [0.25, 0.3) is 0 Å². The van der Waals surface area contributed by atoms with Crippen LogP contribution in [0.3, 0.4) is 0 Å². The van der Waals surface area contributed by atoms with Gasteiger partial charge in [-0.3, -0.25) is 4.79 Å². The van der Waals surface area contributed by atoms with E-state index >= 15 is 0 Å². The molecule has 4 N–H and O–H groups in total. The van der Waals surface area contributed by atoms with Crippen LogP contribution < -0.4 is 5.73 Å². The number of carbonyl (C=O) groups is 1. The molecule has 1 aromatic rings. The standard InChI is InChI=1S/C9H11NO3/c10-8(9(12)13)5-6-1-3-7(11)4-2-6/h1-4,8,11H,5,10H2,(H,12,13)/i1D,2D,3D,4D,5D2,8D. The molecule has 0 heterocycles. The van der Waals surface area contributed by atoms with Gasteiger partial charge >= 0.3 is 5.97 Å². The van der Waals surface area contributed by atoms with E-state index in [9.17, 15) is 9.90 Å². The molecule has 0 saturated carbocycles. The predicted molar refractivity (Wildman–Crippen MR) is 47.4 cm³/mol. The molecule has 0 bridgehead atoms. The number of phenols is 1. The molecule has 0 aliphatic carbocycles. The van der Waals surface area contributed by atoms with Crippen LogP contribution in [0.25, 0.3) is 0 Å². The zero-order valence-corrected chi connectivity index (χ0v) is 6.38. The normalized spacial score (nSPS) is 23.6. The van der Waals surface area contributed by atoms with E-state index < -0.39 is 53.8 Å². The number of phenolic OH excluding ortho intramolecular Hbond substituents is 1. The summed E-state index contributed by atoms with van der Waals surface area (Å²) in [6.45, 7) is 0. The van der Waals surface area contributed by atoms with Crippen molar-refractivity contribution in [2.45, 2.75) is 12.4 Å². The van der Waals surface area contributed by atoms with Crippen molar-refractivity contribution in [3.05, 3.63) is 29.7 Å². The van der Waals surface area contributed by atoms with Gasteiger partial charge in [0.2, 0.25) is 0 Å². The van der Waals surface area contributed by atoms with E-state index in [0.29, 0.717) is 0 Å². The van der Waals surface area contributed by atoms with Crippen LogP contribution in [0.2, 0.25) is 0 Å². The van der Waals surface area contributed by atoms with Gasteiger partial charge < -0.3 is 15.9 Å². The number of aromatic hydroxyl groups is 1. The Labute approximate surface area is 85.5 Å². The number of rotatable bonds is 3. The van der Waals surface area contributed by atoms with E-state index in [0.717, 1.165) is 0 Å². The van der Waals surface area contributed by atoms with Crippen molar-refractivity contribution >= 4 is 5.97 Å². The highest BCUT2D eigenvalue weighted by Gasteiger charge is 2.11. The Morgan fingerprint density at radius 3 is 2.69 bits per heavy atom. The first-order valence-corrected chi connectivity index (χ1v) is 3.19. The molecule has 0 aliphatic rings. The Hall–Kier alpha value is -1.55. The maximum absolute atomic E-state index is 10.9. The summed E-state index contributed by atoms with van der Waals surface area (Å²) < 4.78 is 52.4. The third kappa shape index (κ3) is 2.76. The van der Waals surface area contributed by atoms with Crippen molar-refractivity contribution in [3.8, 4) is 5.75 Å². The lowest BCUT2D eigenvalue weighted by Gasteiger charge is -2.05. The van der Waals surface area contributed by atoms with Gasteiger partial charge in [-0.1, -0.05) is 12.1 Å². The highest BCUT2D eigenvalue weighted by molar-refractivity contribution is 5.73. The van der Waals surface area contributed by atoms with Gasteiger partial charge in [0.15, 0.2) is 0 Å². The molecule has 0 radical (unpaired) electrons. The van der Waals surface area contributed by atoms with Crippen LogP contribution in [0.15, 0.2) is 24.2 Å². The first kappa shape index (κ1) is 3.67. The average molecular weight is 188 g/mol. The third-order valence-electron chi connectivity index (χ3n) is 1.10. The Morgan fingerprint density at radius 1 is 1.69 bits per heavy atom. The van der Waals surface area contributed by atoms with Gasteiger partial charge in [0.05, 0.1) is 6.85 Å². The van der Waals surface area contributed by atoms with E-state index in [1.165, 1.54) is 0 Å². The van der Waals surface area contributed by atoms with Crippen LogP contribution in [-0.4, -0.2) is 22.2 Å². The molecule has 4 nitrogen and oxygen atoms in total. The highest BCUT2D eigenvalue weighted by atomic mass is 16.4. The van der Waals surface area contributed by atoms with Gasteiger partial charge in [0.1, 0.15) is 11.8 Å². The summed E-state index contributed by atoms with van der Waals surface area (Å²) in [5, 5.41) is 18.1. The van der Waals surface area contributed by atoms with Gasteiger partial charge in [0, 0.05) is 2.74 Å². The summed E-state index contributed by atoms with van der Waals surface area (Å²) in [5.74, 6) is -3.03. The second-order valence-corrected chi connectivity index (χ2v) is 2.07. The monoisotopic (exact) mass is 188 g/mol. The minimum absolute atomic E-state index is 0.939. The lowest BCUT2D eigenvalue weighted by Crippen LogP contribution is -2.32. The summed E-state index contributed by atoms with van der Waals surface area (Å²) in [4.78, 5) is 10.9. The SMILES string of the molecule is [2H]c1c([2H])c(C([2H])([2H])C([2H])(N)C(=O)O)c([2H])c([2H])c1O. The highest BCUT2D eigenvalue weighted by Crippen LogP contribution is 2.10. The molecule has 0 spiro atoms. The zero-order valence-electron chi connectivity index (χ0n) is 13.4. The quantitative estimate of drug-likeness (QED) is 0.639. The largest absolute Gasteiger partial charge is 0.508 e. The molecular weight excluding hydrogens is 170 g/mol. The van der Waals surface area contributed by atoms with Crippen molar-refractivity contribution in [1.82, 2.24) is 0 Å². The van der Waals surface area contributed by atoms with E-state index in [-0.39, 0.29) is 0 Å². The van der Waals surface area contributed by atoms with Crippen molar-refractivity contribution in [3.63, 3.8) is 0 Å².